The summed E-state index contributed by atoms with van der Waals surface area (Å²) in [4.78, 5) is 13.7. The van der Waals surface area contributed by atoms with Crippen LogP contribution < -0.4 is 0 Å². The molecule has 1 aliphatic carbocycles. The highest BCUT2D eigenvalue weighted by Gasteiger charge is 2.18. The highest BCUT2D eigenvalue weighted by atomic mass is 16.2. The molecule has 98 valence electrons. The molecule has 0 unspecified atom stereocenters. The van der Waals surface area contributed by atoms with Crippen LogP contribution in [0.5, 0.6) is 0 Å². The number of rotatable bonds is 7. The molecule has 0 saturated heterocycles. The molecule has 4 heteroatoms. The molecule has 0 aromatic carbocycles. The van der Waals surface area contributed by atoms with Crippen molar-refractivity contribution >= 4 is 5.91 Å². The van der Waals surface area contributed by atoms with E-state index in [0.717, 1.165) is 6.42 Å². The summed E-state index contributed by atoms with van der Waals surface area (Å²) in [6, 6.07) is 4.10. The quantitative estimate of drug-likeness (QED) is 0.694. The van der Waals surface area contributed by atoms with E-state index in [1.807, 2.05) is 12.1 Å². The first-order chi connectivity index (χ1) is 8.77. The summed E-state index contributed by atoms with van der Waals surface area (Å²) in [7, 11) is 0. The molecule has 4 nitrogen and oxygen atoms in total. The van der Waals surface area contributed by atoms with Gasteiger partial charge < -0.3 is 4.90 Å². The third-order valence-electron chi connectivity index (χ3n) is 3.58. The van der Waals surface area contributed by atoms with E-state index in [0.29, 0.717) is 38.3 Å². The summed E-state index contributed by atoms with van der Waals surface area (Å²) < 4.78 is 0. The minimum atomic E-state index is 0.104. The number of nitriles is 2. The fraction of sp³-hybridized carbons (Fsp3) is 0.786. The second kappa shape index (κ2) is 8.53. The third kappa shape index (κ3) is 5.19. The first-order valence-corrected chi connectivity index (χ1v) is 6.79. The Balaban J connectivity index is 2.32. The van der Waals surface area contributed by atoms with Crippen LogP contribution in [0, 0.1) is 28.6 Å². The van der Waals surface area contributed by atoms with Crippen LogP contribution in [0.2, 0.25) is 0 Å². The van der Waals surface area contributed by atoms with Crippen LogP contribution in [0.25, 0.3) is 0 Å². The SMILES string of the molecule is N#CCCN(CCC#N)C(=O)CCC1CCCC1. The molecule has 1 fully saturated rings. The Kier molecular flexibility index (Phi) is 6.87. The van der Waals surface area contributed by atoms with Gasteiger partial charge in [0.15, 0.2) is 0 Å². The number of carbonyl (C=O) groups excluding carboxylic acids is 1. The zero-order valence-electron chi connectivity index (χ0n) is 10.9. The molecule has 0 radical (unpaired) electrons. The molecule has 0 atom stereocenters. The molecule has 1 aliphatic rings. The minimum absolute atomic E-state index is 0.104. The Morgan fingerprint density at radius 1 is 1.11 bits per heavy atom. The van der Waals surface area contributed by atoms with Gasteiger partial charge in [0.05, 0.1) is 25.0 Å². The van der Waals surface area contributed by atoms with Crippen LogP contribution in [-0.4, -0.2) is 23.9 Å². The Hall–Kier alpha value is -1.55. The highest BCUT2D eigenvalue weighted by molar-refractivity contribution is 5.76. The Bertz CT molecular complexity index is 316. The molecule has 0 spiro atoms. The lowest BCUT2D eigenvalue weighted by atomic mass is 10.0. The van der Waals surface area contributed by atoms with Crippen molar-refractivity contribution in [1.29, 1.82) is 10.5 Å². The standard InChI is InChI=1S/C14H21N3O/c15-9-3-11-17(12-4-10-16)14(18)8-7-13-5-1-2-6-13/h13H,1-8,11-12H2. The van der Waals surface area contributed by atoms with Gasteiger partial charge in [-0.15, -0.1) is 0 Å². The van der Waals surface area contributed by atoms with Crippen LogP contribution in [-0.2, 0) is 4.79 Å². The van der Waals surface area contributed by atoms with Crippen molar-refractivity contribution in [1.82, 2.24) is 4.90 Å². The third-order valence-corrected chi connectivity index (χ3v) is 3.58. The highest BCUT2D eigenvalue weighted by Crippen LogP contribution is 2.28. The van der Waals surface area contributed by atoms with Gasteiger partial charge in [-0.05, 0) is 12.3 Å². The monoisotopic (exact) mass is 247 g/mol. The van der Waals surface area contributed by atoms with Crippen molar-refractivity contribution in [2.75, 3.05) is 13.1 Å². The number of nitrogens with zero attached hydrogens (tertiary/aromatic N) is 3. The van der Waals surface area contributed by atoms with Gasteiger partial charge in [-0.1, -0.05) is 25.7 Å². The molecule has 1 saturated carbocycles. The summed E-state index contributed by atoms with van der Waals surface area (Å²) in [5.41, 5.74) is 0. The average Bonchev–Trinajstić information content (AvgIpc) is 2.89. The molecule has 0 heterocycles. The molecule has 0 aliphatic heterocycles. The van der Waals surface area contributed by atoms with Gasteiger partial charge in [-0.25, -0.2) is 0 Å². The van der Waals surface area contributed by atoms with Gasteiger partial charge in [0, 0.05) is 19.5 Å². The largest absolute Gasteiger partial charge is 0.341 e. The first kappa shape index (κ1) is 14.5. The fourth-order valence-corrected chi connectivity index (χ4v) is 2.52. The summed E-state index contributed by atoms with van der Waals surface area (Å²) in [5.74, 6) is 0.815. The maximum atomic E-state index is 12.0. The minimum Gasteiger partial charge on any atom is -0.341 e. The molecule has 0 aromatic rings. The van der Waals surface area contributed by atoms with E-state index in [1.54, 1.807) is 4.90 Å². The van der Waals surface area contributed by atoms with E-state index in [4.69, 9.17) is 10.5 Å². The lowest BCUT2D eigenvalue weighted by molar-refractivity contribution is -0.131. The van der Waals surface area contributed by atoms with Crippen molar-refractivity contribution in [3.63, 3.8) is 0 Å². The maximum Gasteiger partial charge on any atom is 0.222 e. The predicted octanol–water partition coefficient (Wildman–Crippen LogP) is 2.61. The van der Waals surface area contributed by atoms with E-state index < -0.39 is 0 Å². The van der Waals surface area contributed by atoms with Crippen LogP contribution in [0.3, 0.4) is 0 Å². The molecule has 0 bridgehead atoms. The Morgan fingerprint density at radius 2 is 1.67 bits per heavy atom. The van der Waals surface area contributed by atoms with Gasteiger partial charge >= 0.3 is 0 Å². The van der Waals surface area contributed by atoms with E-state index in [-0.39, 0.29) is 5.91 Å². The van der Waals surface area contributed by atoms with Gasteiger partial charge in [-0.2, -0.15) is 10.5 Å². The van der Waals surface area contributed by atoms with Crippen molar-refractivity contribution in [2.24, 2.45) is 5.92 Å². The van der Waals surface area contributed by atoms with E-state index in [9.17, 15) is 4.79 Å². The number of hydrogen-bond donors (Lipinski definition) is 0. The second-order valence-electron chi connectivity index (χ2n) is 4.89. The van der Waals surface area contributed by atoms with Crippen LogP contribution in [0.15, 0.2) is 0 Å². The summed E-state index contributed by atoms with van der Waals surface area (Å²) in [6.07, 6.45) is 7.33. The summed E-state index contributed by atoms with van der Waals surface area (Å²) >= 11 is 0. The molecule has 0 aromatic heterocycles. The van der Waals surface area contributed by atoms with Crippen molar-refractivity contribution < 1.29 is 4.79 Å². The fourth-order valence-electron chi connectivity index (χ4n) is 2.52. The van der Waals surface area contributed by atoms with Crippen LogP contribution in [0.1, 0.15) is 51.4 Å². The summed E-state index contributed by atoms with van der Waals surface area (Å²) in [6.45, 7) is 0.920. The van der Waals surface area contributed by atoms with Gasteiger partial charge in [0.2, 0.25) is 5.91 Å². The topological polar surface area (TPSA) is 67.9 Å². The predicted molar refractivity (Wildman–Crippen MR) is 68.2 cm³/mol. The molecular weight excluding hydrogens is 226 g/mol. The molecule has 1 rings (SSSR count). The molecule has 1 amide bonds. The number of carbonyl (C=O) groups is 1. The Morgan fingerprint density at radius 3 is 2.17 bits per heavy atom. The van der Waals surface area contributed by atoms with Crippen molar-refractivity contribution in [3.05, 3.63) is 0 Å². The smallest absolute Gasteiger partial charge is 0.222 e. The normalized spacial score (nSPS) is 15.0. The van der Waals surface area contributed by atoms with E-state index >= 15 is 0 Å². The lowest BCUT2D eigenvalue weighted by Crippen LogP contribution is -2.32. The maximum absolute atomic E-state index is 12.0. The van der Waals surface area contributed by atoms with Gasteiger partial charge in [-0.3, -0.25) is 4.79 Å². The molecule has 18 heavy (non-hydrogen) atoms. The first-order valence-electron chi connectivity index (χ1n) is 6.79. The van der Waals surface area contributed by atoms with E-state index in [1.165, 1.54) is 25.7 Å². The van der Waals surface area contributed by atoms with Gasteiger partial charge in [0.25, 0.3) is 0 Å². The van der Waals surface area contributed by atoms with Gasteiger partial charge in [0.1, 0.15) is 0 Å². The second-order valence-corrected chi connectivity index (χ2v) is 4.89. The number of hydrogen-bond acceptors (Lipinski definition) is 3. The van der Waals surface area contributed by atoms with E-state index in [2.05, 4.69) is 0 Å². The van der Waals surface area contributed by atoms with Crippen molar-refractivity contribution in [3.8, 4) is 12.1 Å². The number of amides is 1. The Labute approximate surface area is 109 Å². The van der Waals surface area contributed by atoms with Crippen molar-refractivity contribution in [2.45, 2.75) is 51.4 Å². The molecular formula is C14H21N3O. The average molecular weight is 247 g/mol. The summed E-state index contributed by atoms with van der Waals surface area (Å²) in [5, 5.41) is 17.1. The van der Waals surface area contributed by atoms with Crippen LogP contribution >= 0.6 is 0 Å². The lowest BCUT2D eigenvalue weighted by Gasteiger charge is -2.21. The molecule has 0 N–H and O–H groups in total. The zero-order valence-corrected chi connectivity index (χ0v) is 10.9. The zero-order chi connectivity index (χ0) is 13.2. The van der Waals surface area contributed by atoms with Crippen LogP contribution in [0.4, 0.5) is 0 Å².